The molecule has 2 fully saturated rings. The van der Waals surface area contributed by atoms with E-state index in [1.807, 2.05) is 42.2 Å². The second-order valence-electron chi connectivity index (χ2n) is 7.56. The third-order valence-electron chi connectivity index (χ3n) is 5.77. The maximum atomic E-state index is 12.8. The summed E-state index contributed by atoms with van der Waals surface area (Å²) in [5.74, 6) is 0.525. The van der Waals surface area contributed by atoms with E-state index in [1.165, 1.54) is 5.56 Å². The molecule has 2 aliphatic rings. The lowest BCUT2D eigenvalue weighted by molar-refractivity contribution is -0.125. The number of amides is 1. The van der Waals surface area contributed by atoms with Crippen molar-refractivity contribution in [2.45, 2.75) is 31.4 Å². The lowest BCUT2D eigenvalue weighted by Gasteiger charge is -2.32. The van der Waals surface area contributed by atoms with Crippen molar-refractivity contribution >= 4 is 5.91 Å². The zero-order valence-corrected chi connectivity index (χ0v) is 15.9. The fourth-order valence-electron chi connectivity index (χ4n) is 4.32. The molecule has 144 valence electrons. The lowest BCUT2D eigenvalue weighted by Crippen LogP contribution is -2.47. The molecular weight excluding hydrogens is 340 g/mol. The van der Waals surface area contributed by atoms with Gasteiger partial charge < -0.3 is 10.1 Å². The van der Waals surface area contributed by atoms with Gasteiger partial charge in [-0.1, -0.05) is 30.3 Å². The Kier molecular flexibility index (Phi) is 5.55. The van der Waals surface area contributed by atoms with E-state index in [1.54, 1.807) is 0 Å². The number of nitrogens with one attached hydrogen (secondary N) is 1. The molecule has 0 saturated carbocycles. The summed E-state index contributed by atoms with van der Waals surface area (Å²) < 4.78 is 7.96. The summed E-state index contributed by atoms with van der Waals surface area (Å²) in [4.78, 5) is 15.1. The van der Waals surface area contributed by atoms with Gasteiger partial charge in [-0.15, -0.1) is 0 Å². The first kappa shape index (κ1) is 18.2. The fourth-order valence-corrected chi connectivity index (χ4v) is 4.32. The molecule has 6 nitrogen and oxygen atoms in total. The van der Waals surface area contributed by atoms with Crippen molar-refractivity contribution in [3.8, 4) is 0 Å². The van der Waals surface area contributed by atoms with Crippen LogP contribution in [0.25, 0.3) is 0 Å². The van der Waals surface area contributed by atoms with Gasteiger partial charge in [-0.2, -0.15) is 5.10 Å². The van der Waals surface area contributed by atoms with Gasteiger partial charge in [0.05, 0.1) is 11.7 Å². The van der Waals surface area contributed by atoms with Crippen LogP contribution in [0, 0.1) is 5.92 Å². The number of rotatable bonds is 5. The monoisotopic (exact) mass is 368 g/mol. The predicted octanol–water partition coefficient (Wildman–Crippen LogP) is 1.93. The Hall–Kier alpha value is -2.18. The molecule has 2 aliphatic heterocycles. The quantitative estimate of drug-likeness (QED) is 0.876. The molecule has 0 bridgehead atoms. The maximum absolute atomic E-state index is 12.8. The van der Waals surface area contributed by atoms with E-state index in [2.05, 4.69) is 27.4 Å². The van der Waals surface area contributed by atoms with Gasteiger partial charge in [0.2, 0.25) is 5.91 Å². The van der Waals surface area contributed by atoms with Crippen molar-refractivity contribution in [1.82, 2.24) is 20.0 Å². The first-order valence-corrected chi connectivity index (χ1v) is 9.87. The Bertz CT molecular complexity index is 761. The van der Waals surface area contributed by atoms with E-state index in [0.717, 1.165) is 51.2 Å². The summed E-state index contributed by atoms with van der Waals surface area (Å²) in [5.41, 5.74) is 2.33. The van der Waals surface area contributed by atoms with Crippen molar-refractivity contribution in [2.75, 3.05) is 26.2 Å². The molecular formula is C21H28N4O2. The summed E-state index contributed by atoms with van der Waals surface area (Å²) in [6, 6.07) is 12.2. The molecule has 27 heavy (non-hydrogen) atoms. The van der Waals surface area contributed by atoms with Gasteiger partial charge in [-0.3, -0.25) is 14.4 Å². The standard InChI is InChI=1S/C21H28N4O2/c1-24-18(8-11-23-24)20-17(9-13-27-20)15-25-12-5-10-22-21(26)19(25)14-16-6-3-2-4-7-16/h2-4,6-8,11,17,19-20H,5,9-10,12-15H2,1H3,(H,22,26)/t17-,19?,20+/m0/s1. The molecule has 3 heterocycles. The van der Waals surface area contributed by atoms with Crippen LogP contribution in [0.1, 0.15) is 30.2 Å². The number of hydrogen-bond donors (Lipinski definition) is 1. The van der Waals surface area contributed by atoms with Gasteiger partial charge in [-0.05, 0) is 30.9 Å². The topological polar surface area (TPSA) is 59.4 Å². The third-order valence-corrected chi connectivity index (χ3v) is 5.77. The molecule has 1 unspecified atom stereocenters. The molecule has 2 aromatic rings. The Balaban J connectivity index is 1.52. The molecule has 1 N–H and O–H groups in total. The zero-order valence-electron chi connectivity index (χ0n) is 15.9. The average Bonchev–Trinajstić information content (AvgIpc) is 3.27. The number of benzene rings is 1. The van der Waals surface area contributed by atoms with Crippen LogP contribution in [0.4, 0.5) is 0 Å². The smallest absolute Gasteiger partial charge is 0.237 e. The molecule has 0 radical (unpaired) electrons. The van der Waals surface area contributed by atoms with Crippen LogP contribution in [-0.2, 0) is 23.0 Å². The maximum Gasteiger partial charge on any atom is 0.237 e. The van der Waals surface area contributed by atoms with Crippen molar-refractivity contribution < 1.29 is 9.53 Å². The molecule has 1 aromatic carbocycles. The molecule has 4 rings (SSSR count). The van der Waals surface area contributed by atoms with Crippen LogP contribution in [0.3, 0.4) is 0 Å². The van der Waals surface area contributed by atoms with Gasteiger partial charge in [0.15, 0.2) is 0 Å². The van der Waals surface area contributed by atoms with Gasteiger partial charge >= 0.3 is 0 Å². The van der Waals surface area contributed by atoms with Gasteiger partial charge in [0, 0.05) is 45.4 Å². The van der Waals surface area contributed by atoms with Crippen molar-refractivity contribution in [3.63, 3.8) is 0 Å². The van der Waals surface area contributed by atoms with Crippen molar-refractivity contribution in [1.29, 1.82) is 0 Å². The second-order valence-corrected chi connectivity index (χ2v) is 7.56. The van der Waals surface area contributed by atoms with E-state index >= 15 is 0 Å². The highest BCUT2D eigenvalue weighted by atomic mass is 16.5. The molecule has 6 heteroatoms. The predicted molar refractivity (Wildman–Crippen MR) is 103 cm³/mol. The van der Waals surface area contributed by atoms with Crippen molar-refractivity contribution in [3.05, 3.63) is 53.9 Å². The van der Waals surface area contributed by atoms with Gasteiger partial charge in [0.1, 0.15) is 6.10 Å². The minimum absolute atomic E-state index is 0.0567. The van der Waals surface area contributed by atoms with Crippen LogP contribution >= 0.6 is 0 Å². The van der Waals surface area contributed by atoms with E-state index in [4.69, 9.17) is 4.74 Å². The SMILES string of the molecule is Cn1nccc1[C@@H]1OCC[C@H]1CN1CCCNC(=O)C1Cc1ccccc1. The summed E-state index contributed by atoms with van der Waals surface area (Å²) in [7, 11) is 1.96. The lowest BCUT2D eigenvalue weighted by atomic mass is 9.96. The second kappa shape index (κ2) is 8.23. The minimum Gasteiger partial charge on any atom is -0.372 e. The van der Waals surface area contributed by atoms with Crippen LogP contribution < -0.4 is 5.32 Å². The van der Waals surface area contributed by atoms with Crippen LogP contribution in [0.2, 0.25) is 0 Å². The number of carbonyl (C=O) groups is 1. The normalized spacial score (nSPS) is 26.7. The minimum atomic E-state index is -0.123. The Morgan fingerprint density at radius 3 is 2.89 bits per heavy atom. The molecule has 0 aliphatic carbocycles. The number of hydrogen-bond acceptors (Lipinski definition) is 4. The van der Waals surface area contributed by atoms with E-state index in [-0.39, 0.29) is 18.1 Å². The molecule has 0 spiro atoms. The Morgan fingerprint density at radius 2 is 2.11 bits per heavy atom. The van der Waals surface area contributed by atoms with Crippen molar-refractivity contribution in [2.24, 2.45) is 13.0 Å². The fraction of sp³-hybridized carbons (Fsp3) is 0.524. The number of nitrogens with zero attached hydrogens (tertiary/aromatic N) is 3. The summed E-state index contributed by atoms with van der Waals surface area (Å²) in [6.45, 7) is 3.34. The first-order chi connectivity index (χ1) is 13.2. The third kappa shape index (κ3) is 4.06. The highest BCUT2D eigenvalue weighted by Gasteiger charge is 2.36. The van der Waals surface area contributed by atoms with Gasteiger partial charge in [0.25, 0.3) is 0 Å². The average molecular weight is 368 g/mol. The van der Waals surface area contributed by atoms with Crippen LogP contribution in [0.5, 0.6) is 0 Å². The molecule has 2 saturated heterocycles. The first-order valence-electron chi connectivity index (χ1n) is 9.87. The van der Waals surface area contributed by atoms with E-state index in [9.17, 15) is 4.79 Å². The summed E-state index contributed by atoms with van der Waals surface area (Å²) in [5, 5.41) is 7.39. The zero-order chi connectivity index (χ0) is 18.6. The van der Waals surface area contributed by atoms with Gasteiger partial charge in [-0.25, -0.2) is 0 Å². The molecule has 3 atom stereocenters. The van der Waals surface area contributed by atoms with Crippen LogP contribution in [-0.4, -0.2) is 52.9 Å². The van der Waals surface area contributed by atoms with Crippen LogP contribution in [0.15, 0.2) is 42.6 Å². The number of aromatic nitrogens is 2. The summed E-state index contributed by atoms with van der Waals surface area (Å²) in [6.07, 6.45) is 4.64. The molecule has 1 amide bonds. The highest BCUT2D eigenvalue weighted by Crippen LogP contribution is 2.35. The Labute approximate surface area is 160 Å². The number of aryl methyl sites for hydroxylation is 1. The van der Waals surface area contributed by atoms with E-state index in [0.29, 0.717) is 5.92 Å². The van der Waals surface area contributed by atoms with E-state index < -0.39 is 0 Å². The number of carbonyl (C=O) groups excluding carboxylic acids is 1. The highest BCUT2D eigenvalue weighted by molar-refractivity contribution is 5.82. The molecule has 1 aromatic heterocycles. The number of ether oxygens (including phenoxy) is 1. The summed E-state index contributed by atoms with van der Waals surface area (Å²) >= 11 is 0. The largest absolute Gasteiger partial charge is 0.372 e. The Morgan fingerprint density at radius 1 is 1.26 bits per heavy atom.